The summed E-state index contributed by atoms with van der Waals surface area (Å²) in [5, 5.41) is 13.9. The molecule has 6 nitrogen and oxygen atoms in total. The van der Waals surface area contributed by atoms with E-state index in [1.165, 1.54) is 0 Å². The quantitative estimate of drug-likeness (QED) is 0.846. The van der Waals surface area contributed by atoms with E-state index in [-0.39, 0.29) is 17.7 Å². The summed E-state index contributed by atoms with van der Waals surface area (Å²) in [6.45, 7) is 9.07. The number of anilines is 1. The first-order chi connectivity index (χ1) is 12.7. The van der Waals surface area contributed by atoms with Crippen LogP contribution in [0.3, 0.4) is 0 Å². The zero-order valence-electron chi connectivity index (χ0n) is 16.6. The van der Waals surface area contributed by atoms with Crippen LogP contribution in [-0.4, -0.2) is 65.0 Å². The van der Waals surface area contributed by atoms with Crippen LogP contribution in [0.15, 0.2) is 18.2 Å². The van der Waals surface area contributed by atoms with Gasteiger partial charge in [-0.1, -0.05) is 6.07 Å². The van der Waals surface area contributed by atoms with Crippen molar-refractivity contribution in [1.29, 1.82) is 0 Å². The molecule has 0 spiro atoms. The van der Waals surface area contributed by atoms with Gasteiger partial charge in [-0.05, 0) is 49.9 Å². The van der Waals surface area contributed by atoms with Gasteiger partial charge in [-0.2, -0.15) is 0 Å². The average molecular weight is 373 g/mol. The first-order valence-corrected chi connectivity index (χ1v) is 9.83. The van der Waals surface area contributed by atoms with E-state index in [0.29, 0.717) is 38.9 Å². The Labute approximate surface area is 161 Å². The number of benzene rings is 1. The van der Waals surface area contributed by atoms with Crippen molar-refractivity contribution in [2.45, 2.75) is 45.6 Å². The van der Waals surface area contributed by atoms with Crippen LogP contribution in [0, 0.1) is 19.8 Å². The number of rotatable bonds is 4. The fourth-order valence-corrected chi connectivity index (χ4v) is 4.39. The van der Waals surface area contributed by atoms with Crippen molar-refractivity contribution in [3.8, 4) is 0 Å². The van der Waals surface area contributed by atoms with Crippen molar-refractivity contribution in [2.24, 2.45) is 5.92 Å². The van der Waals surface area contributed by atoms with Crippen LogP contribution in [0.25, 0.3) is 0 Å². The van der Waals surface area contributed by atoms with Crippen LogP contribution in [-0.2, 0) is 9.59 Å². The van der Waals surface area contributed by atoms with E-state index in [9.17, 15) is 14.7 Å². The van der Waals surface area contributed by atoms with Crippen LogP contribution < -0.4 is 5.32 Å². The summed E-state index contributed by atoms with van der Waals surface area (Å²) in [6.07, 6.45) is 1.79. The number of amides is 2. The van der Waals surface area contributed by atoms with Crippen LogP contribution in [0.2, 0.25) is 0 Å². The minimum Gasteiger partial charge on any atom is -0.389 e. The molecule has 2 saturated heterocycles. The summed E-state index contributed by atoms with van der Waals surface area (Å²) < 4.78 is 0. The molecule has 0 bridgehead atoms. The summed E-state index contributed by atoms with van der Waals surface area (Å²) in [5.74, 6) is 0.142. The van der Waals surface area contributed by atoms with Crippen molar-refractivity contribution < 1.29 is 14.7 Å². The molecule has 2 fully saturated rings. The molecule has 0 unspecified atom stereocenters. The Morgan fingerprint density at radius 2 is 1.81 bits per heavy atom. The zero-order chi connectivity index (χ0) is 19.6. The van der Waals surface area contributed by atoms with Gasteiger partial charge in [0.15, 0.2) is 0 Å². The molecular formula is C21H31N3O3. The maximum absolute atomic E-state index is 12.3. The maximum Gasteiger partial charge on any atom is 0.225 e. The standard InChI is InChI=1S/C21H31N3O3/c1-15-10-16(2)12-19(11-15)22-20(26)4-7-23-8-5-21(27)6-9-24(17(3)25)14-18(21)13-23/h10-12,18,27H,4-9,13-14H2,1-3H3,(H,22,26)/t18-,21-/m0/s1. The minimum absolute atomic E-state index is 0.00911. The summed E-state index contributed by atoms with van der Waals surface area (Å²) in [4.78, 5) is 28.1. The van der Waals surface area contributed by atoms with E-state index >= 15 is 0 Å². The van der Waals surface area contributed by atoms with E-state index < -0.39 is 5.60 Å². The molecule has 2 N–H and O–H groups in total. The first-order valence-electron chi connectivity index (χ1n) is 9.83. The van der Waals surface area contributed by atoms with Gasteiger partial charge in [-0.15, -0.1) is 0 Å². The Hall–Kier alpha value is -1.92. The third-order valence-corrected chi connectivity index (χ3v) is 5.96. The Morgan fingerprint density at radius 3 is 2.48 bits per heavy atom. The molecule has 2 heterocycles. The van der Waals surface area contributed by atoms with Gasteiger partial charge in [0.05, 0.1) is 5.60 Å². The molecule has 0 aliphatic carbocycles. The van der Waals surface area contributed by atoms with Gasteiger partial charge in [0.2, 0.25) is 11.8 Å². The Kier molecular flexibility index (Phi) is 5.86. The van der Waals surface area contributed by atoms with Gasteiger partial charge >= 0.3 is 0 Å². The Bertz CT molecular complexity index is 700. The molecule has 1 aromatic carbocycles. The molecule has 2 aliphatic heterocycles. The fourth-order valence-electron chi connectivity index (χ4n) is 4.39. The molecule has 0 saturated carbocycles. The van der Waals surface area contributed by atoms with E-state index in [2.05, 4.69) is 16.3 Å². The number of carbonyl (C=O) groups excluding carboxylic acids is 2. The lowest BCUT2D eigenvalue weighted by Gasteiger charge is -2.50. The fraction of sp³-hybridized carbons (Fsp3) is 0.619. The number of piperidine rings is 2. The highest BCUT2D eigenvalue weighted by Crippen LogP contribution is 2.35. The van der Waals surface area contributed by atoms with Gasteiger partial charge < -0.3 is 20.2 Å². The number of likely N-dealkylation sites (tertiary alicyclic amines) is 2. The van der Waals surface area contributed by atoms with Crippen LogP contribution in [0.5, 0.6) is 0 Å². The number of hydrogen-bond acceptors (Lipinski definition) is 4. The highest BCUT2D eigenvalue weighted by molar-refractivity contribution is 5.91. The summed E-state index contributed by atoms with van der Waals surface area (Å²) in [7, 11) is 0. The molecule has 0 radical (unpaired) electrons. The monoisotopic (exact) mass is 373 g/mol. The Balaban J connectivity index is 1.51. The van der Waals surface area contributed by atoms with Crippen molar-refractivity contribution >= 4 is 17.5 Å². The van der Waals surface area contributed by atoms with E-state index in [1.54, 1.807) is 6.92 Å². The molecule has 148 valence electrons. The van der Waals surface area contributed by atoms with Crippen LogP contribution >= 0.6 is 0 Å². The van der Waals surface area contributed by atoms with Crippen LogP contribution in [0.4, 0.5) is 5.69 Å². The predicted octanol–water partition coefficient (Wildman–Crippen LogP) is 1.94. The van der Waals surface area contributed by atoms with E-state index in [4.69, 9.17) is 0 Å². The normalized spacial score (nSPS) is 25.8. The molecule has 6 heteroatoms. The lowest BCUT2D eigenvalue weighted by molar-refractivity contribution is -0.144. The number of aryl methyl sites for hydroxylation is 2. The maximum atomic E-state index is 12.3. The van der Waals surface area contributed by atoms with Gasteiger partial charge in [-0.3, -0.25) is 9.59 Å². The number of nitrogens with one attached hydrogen (secondary N) is 1. The van der Waals surface area contributed by atoms with Crippen molar-refractivity contribution in [3.63, 3.8) is 0 Å². The first kappa shape index (κ1) is 19.8. The van der Waals surface area contributed by atoms with Crippen LogP contribution in [0.1, 0.15) is 37.3 Å². The second-order valence-electron chi connectivity index (χ2n) is 8.24. The van der Waals surface area contributed by atoms with Crippen molar-refractivity contribution in [2.75, 3.05) is 38.0 Å². The lowest BCUT2D eigenvalue weighted by atomic mass is 9.75. The van der Waals surface area contributed by atoms with Gasteiger partial charge in [0.25, 0.3) is 0 Å². The molecule has 2 atom stereocenters. The van der Waals surface area contributed by atoms with E-state index in [0.717, 1.165) is 29.9 Å². The van der Waals surface area contributed by atoms with Crippen molar-refractivity contribution in [1.82, 2.24) is 9.80 Å². The molecule has 2 aliphatic rings. The summed E-state index contributed by atoms with van der Waals surface area (Å²) >= 11 is 0. The molecular weight excluding hydrogens is 342 g/mol. The number of fused-ring (bicyclic) bond motifs is 1. The molecule has 2 amide bonds. The number of hydrogen-bond donors (Lipinski definition) is 2. The van der Waals surface area contributed by atoms with Gasteiger partial charge in [0, 0.05) is 57.7 Å². The molecule has 3 rings (SSSR count). The summed E-state index contributed by atoms with van der Waals surface area (Å²) in [5.41, 5.74) is 2.44. The number of nitrogens with zero attached hydrogens (tertiary/aromatic N) is 2. The van der Waals surface area contributed by atoms with E-state index in [1.807, 2.05) is 30.9 Å². The summed E-state index contributed by atoms with van der Waals surface area (Å²) in [6, 6.07) is 6.04. The van der Waals surface area contributed by atoms with Crippen molar-refractivity contribution in [3.05, 3.63) is 29.3 Å². The number of aliphatic hydroxyl groups is 1. The highest BCUT2D eigenvalue weighted by atomic mass is 16.3. The smallest absolute Gasteiger partial charge is 0.225 e. The Morgan fingerprint density at radius 1 is 1.15 bits per heavy atom. The van der Waals surface area contributed by atoms with Gasteiger partial charge in [0.1, 0.15) is 0 Å². The lowest BCUT2D eigenvalue weighted by Crippen LogP contribution is -2.60. The molecule has 1 aromatic rings. The largest absolute Gasteiger partial charge is 0.389 e. The third kappa shape index (κ3) is 4.87. The molecule has 0 aromatic heterocycles. The minimum atomic E-state index is -0.663. The topological polar surface area (TPSA) is 72.9 Å². The SMILES string of the molecule is CC(=O)N1CC[C@@]2(O)CCN(CCC(=O)Nc3cc(C)cc(C)c3)C[C@H]2C1. The predicted molar refractivity (Wildman–Crippen MR) is 106 cm³/mol. The average Bonchev–Trinajstić information content (AvgIpc) is 2.58. The molecule has 27 heavy (non-hydrogen) atoms. The second kappa shape index (κ2) is 7.98. The highest BCUT2D eigenvalue weighted by Gasteiger charge is 2.45. The third-order valence-electron chi connectivity index (χ3n) is 5.96. The second-order valence-corrected chi connectivity index (χ2v) is 8.24. The zero-order valence-corrected chi connectivity index (χ0v) is 16.6. The number of carbonyl (C=O) groups is 2. The van der Waals surface area contributed by atoms with Gasteiger partial charge in [-0.25, -0.2) is 0 Å².